The Morgan fingerprint density at radius 2 is 2.00 bits per heavy atom. The van der Waals surface area contributed by atoms with Crippen LogP contribution in [0.4, 0.5) is 13.2 Å². The number of carbonyl (C=O) groups excluding carboxylic acids is 1. The number of ether oxygens (including phenoxy) is 2. The Hall–Kier alpha value is -1.72. The number of aryl methyl sites for hydroxylation is 1. The molecule has 0 spiro atoms. The van der Waals surface area contributed by atoms with Gasteiger partial charge < -0.3 is 9.47 Å². The Morgan fingerprint density at radius 1 is 1.35 bits per heavy atom. The number of methoxy groups -OCH3 is 1. The van der Waals surface area contributed by atoms with E-state index in [2.05, 4.69) is 9.47 Å². The SMILES string of the molecule is CCc1ccc(C(=O)OC)c(OC(F)(F)F)c1. The van der Waals surface area contributed by atoms with Crippen LogP contribution in [-0.2, 0) is 11.2 Å². The van der Waals surface area contributed by atoms with E-state index in [0.29, 0.717) is 12.0 Å². The predicted octanol–water partition coefficient (Wildman–Crippen LogP) is 2.93. The Bertz CT molecular complexity index is 413. The quantitative estimate of drug-likeness (QED) is 0.771. The van der Waals surface area contributed by atoms with Crippen molar-refractivity contribution in [2.24, 2.45) is 0 Å². The average molecular weight is 248 g/mol. The summed E-state index contributed by atoms with van der Waals surface area (Å²) in [5.41, 5.74) is 0.388. The van der Waals surface area contributed by atoms with Gasteiger partial charge in [-0.05, 0) is 24.1 Å². The van der Waals surface area contributed by atoms with E-state index >= 15 is 0 Å². The van der Waals surface area contributed by atoms with Crippen molar-refractivity contribution in [1.82, 2.24) is 0 Å². The van der Waals surface area contributed by atoms with Gasteiger partial charge in [-0.1, -0.05) is 13.0 Å². The second-order valence-corrected chi connectivity index (χ2v) is 3.22. The molecule has 0 amide bonds. The van der Waals surface area contributed by atoms with Crippen LogP contribution in [0.1, 0.15) is 22.8 Å². The van der Waals surface area contributed by atoms with Crippen LogP contribution in [0.5, 0.6) is 5.75 Å². The number of alkyl halides is 3. The van der Waals surface area contributed by atoms with Gasteiger partial charge in [0.15, 0.2) is 0 Å². The van der Waals surface area contributed by atoms with Crippen molar-refractivity contribution in [3.05, 3.63) is 29.3 Å². The second-order valence-electron chi connectivity index (χ2n) is 3.22. The zero-order valence-electron chi connectivity index (χ0n) is 9.30. The van der Waals surface area contributed by atoms with Crippen LogP contribution in [0.25, 0.3) is 0 Å². The van der Waals surface area contributed by atoms with Crippen LogP contribution in [0.15, 0.2) is 18.2 Å². The summed E-state index contributed by atoms with van der Waals surface area (Å²) in [5, 5.41) is 0. The number of esters is 1. The molecule has 94 valence electrons. The molecular formula is C11H11F3O3. The van der Waals surface area contributed by atoms with Crippen molar-refractivity contribution < 1.29 is 27.4 Å². The van der Waals surface area contributed by atoms with Gasteiger partial charge in [0.1, 0.15) is 11.3 Å². The Kier molecular flexibility index (Phi) is 3.98. The van der Waals surface area contributed by atoms with E-state index in [4.69, 9.17) is 0 Å². The van der Waals surface area contributed by atoms with Gasteiger partial charge in [0, 0.05) is 0 Å². The number of rotatable bonds is 3. The summed E-state index contributed by atoms with van der Waals surface area (Å²) in [6.07, 6.45) is -4.30. The third kappa shape index (κ3) is 3.65. The van der Waals surface area contributed by atoms with Gasteiger partial charge in [-0.15, -0.1) is 13.2 Å². The normalized spacial score (nSPS) is 11.1. The zero-order chi connectivity index (χ0) is 13.1. The summed E-state index contributed by atoms with van der Waals surface area (Å²) in [6, 6.07) is 3.99. The van der Waals surface area contributed by atoms with E-state index < -0.39 is 18.1 Å². The fourth-order valence-corrected chi connectivity index (χ4v) is 1.27. The molecule has 0 N–H and O–H groups in total. The van der Waals surface area contributed by atoms with Crippen molar-refractivity contribution in [2.45, 2.75) is 19.7 Å². The molecule has 6 heteroatoms. The average Bonchev–Trinajstić information content (AvgIpc) is 2.25. The topological polar surface area (TPSA) is 35.5 Å². The monoisotopic (exact) mass is 248 g/mol. The van der Waals surface area contributed by atoms with E-state index in [1.807, 2.05) is 0 Å². The Balaban J connectivity index is 3.16. The maximum Gasteiger partial charge on any atom is 0.573 e. The number of hydrogen-bond acceptors (Lipinski definition) is 3. The summed E-state index contributed by atoms with van der Waals surface area (Å²) >= 11 is 0. The van der Waals surface area contributed by atoms with Crippen molar-refractivity contribution >= 4 is 5.97 Å². The zero-order valence-corrected chi connectivity index (χ0v) is 9.30. The highest BCUT2D eigenvalue weighted by Gasteiger charge is 2.33. The molecule has 0 aromatic heterocycles. The summed E-state index contributed by atoms with van der Waals surface area (Å²) in [4.78, 5) is 11.3. The Morgan fingerprint density at radius 3 is 2.47 bits per heavy atom. The fraction of sp³-hybridized carbons (Fsp3) is 0.364. The van der Waals surface area contributed by atoms with Crippen LogP contribution in [0, 0.1) is 0 Å². The smallest absolute Gasteiger partial charge is 0.465 e. The Labute approximate surface area is 96.1 Å². The van der Waals surface area contributed by atoms with Crippen LogP contribution in [-0.4, -0.2) is 19.4 Å². The lowest BCUT2D eigenvalue weighted by Gasteiger charge is -2.13. The lowest BCUT2D eigenvalue weighted by molar-refractivity contribution is -0.274. The van der Waals surface area contributed by atoms with Crippen molar-refractivity contribution in [2.75, 3.05) is 7.11 Å². The maximum absolute atomic E-state index is 12.2. The van der Waals surface area contributed by atoms with Crippen LogP contribution >= 0.6 is 0 Å². The molecule has 1 aromatic carbocycles. The van der Waals surface area contributed by atoms with Crippen LogP contribution < -0.4 is 4.74 Å². The molecule has 0 radical (unpaired) electrons. The summed E-state index contributed by atoms with van der Waals surface area (Å²) in [7, 11) is 1.09. The molecule has 0 fully saturated rings. The molecule has 1 aromatic rings. The molecule has 0 heterocycles. The largest absolute Gasteiger partial charge is 0.573 e. The molecule has 0 unspecified atom stereocenters. The minimum Gasteiger partial charge on any atom is -0.465 e. The molecule has 0 bridgehead atoms. The number of carbonyl (C=O) groups is 1. The van der Waals surface area contributed by atoms with E-state index in [1.54, 1.807) is 13.0 Å². The standard InChI is InChI=1S/C11H11F3O3/c1-3-7-4-5-8(10(15)16-2)9(6-7)17-11(12,13)14/h4-6H,3H2,1-2H3. The first-order chi connectivity index (χ1) is 7.87. The molecule has 0 aliphatic carbocycles. The van der Waals surface area contributed by atoms with Gasteiger partial charge in [0.2, 0.25) is 0 Å². The predicted molar refractivity (Wildman–Crippen MR) is 53.8 cm³/mol. The van der Waals surface area contributed by atoms with Gasteiger partial charge in [0.05, 0.1) is 7.11 Å². The molecule has 0 saturated heterocycles. The molecular weight excluding hydrogens is 237 g/mol. The van der Waals surface area contributed by atoms with Gasteiger partial charge in [0.25, 0.3) is 0 Å². The van der Waals surface area contributed by atoms with Gasteiger partial charge in [-0.25, -0.2) is 4.79 Å². The first-order valence-electron chi connectivity index (χ1n) is 4.84. The van der Waals surface area contributed by atoms with E-state index in [1.165, 1.54) is 12.1 Å². The van der Waals surface area contributed by atoms with E-state index in [0.717, 1.165) is 7.11 Å². The maximum atomic E-state index is 12.2. The lowest BCUT2D eigenvalue weighted by atomic mass is 10.1. The minimum absolute atomic E-state index is 0.248. The number of halogens is 3. The summed E-state index contributed by atoms with van der Waals surface area (Å²) in [5.74, 6) is -1.41. The second kappa shape index (κ2) is 5.07. The highest BCUT2D eigenvalue weighted by Crippen LogP contribution is 2.28. The van der Waals surface area contributed by atoms with Crippen molar-refractivity contribution in [3.63, 3.8) is 0 Å². The molecule has 0 saturated carbocycles. The van der Waals surface area contributed by atoms with Crippen LogP contribution in [0.3, 0.4) is 0 Å². The van der Waals surface area contributed by atoms with Crippen molar-refractivity contribution in [3.8, 4) is 5.75 Å². The fourth-order valence-electron chi connectivity index (χ4n) is 1.27. The summed E-state index contributed by atoms with van der Waals surface area (Å²) < 4.78 is 44.6. The van der Waals surface area contributed by atoms with E-state index in [9.17, 15) is 18.0 Å². The van der Waals surface area contributed by atoms with Gasteiger partial charge >= 0.3 is 12.3 Å². The third-order valence-electron chi connectivity index (χ3n) is 2.09. The van der Waals surface area contributed by atoms with Gasteiger partial charge in [-0.3, -0.25) is 0 Å². The minimum atomic E-state index is -4.84. The number of hydrogen-bond donors (Lipinski definition) is 0. The highest BCUT2D eigenvalue weighted by molar-refractivity contribution is 5.92. The number of benzene rings is 1. The lowest BCUT2D eigenvalue weighted by Crippen LogP contribution is -2.19. The van der Waals surface area contributed by atoms with Crippen molar-refractivity contribution in [1.29, 1.82) is 0 Å². The van der Waals surface area contributed by atoms with Gasteiger partial charge in [-0.2, -0.15) is 0 Å². The first-order valence-corrected chi connectivity index (χ1v) is 4.84. The van der Waals surface area contributed by atoms with Crippen LogP contribution in [0.2, 0.25) is 0 Å². The molecule has 3 nitrogen and oxygen atoms in total. The molecule has 1 rings (SSSR count). The molecule has 0 atom stereocenters. The highest BCUT2D eigenvalue weighted by atomic mass is 19.4. The van der Waals surface area contributed by atoms with E-state index in [-0.39, 0.29) is 5.56 Å². The molecule has 0 aliphatic heterocycles. The first kappa shape index (κ1) is 13.3. The molecule has 0 aliphatic rings. The summed E-state index contributed by atoms with van der Waals surface area (Å²) in [6.45, 7) is 1.78. The third-order valence-corrected chi connectivity index (χ3v) is 2.09. The molecule has 17 heavy (non-hydrogen) atoms.